The Morgan fingerprint density at radius 1 is 0.897 bits per heavy atom. The quantitative estimate of drug-likeness (QED) is 0.683. The molecule has 0 aliphatic carbocycles. The monoisotopic (exact) mass is 396 g/mol. The number of carbonyl (C=O) groups is 2. The molecule has 0 bridgehead atoms. The second-order valence-corrected chi connectivity index (χ2v) is 7.07. The molecule has 1 amide bonds. The van der Waals surface area contributed by atoms with Crippen molar-refractivity contribution in [1.29, 1.82) is 0 Å². The van der Waals surface area contributed by atoms with Gasteiger partial charge in [-0.1, -0.05) is 31.0 Å². The Balaban J connectivity index is 1.36. The number of amides is 1. The summed E-state index contributed by atoms with van der Waals surface area (Å²) in [5.74, 6) is -0.126. The lowest BCUT2D eigenvalue weighted by molar-refractivity contribution is -0.147. The van der Waals surface area contributed by atoms with Gasteiger partial charge in [0.05, 0.1) is 13.0 Å². The maximum atomic E-state index is 12.0. The van der Waals surface area contributed by atoms with E-state index in [2.05, 4.69) is 10.2 Å². The van der Waals surface area contributed by atoms with Crippen molar-refractivity contribution in [2.24, 2.45) is 0 Å². The van der Waals surface area contributed by atoms with E-state index in [0.29, 0.717) is 11.4 Å². The lowest BCUT2D eigenvalue weighted by Gasteiger charge is -2.22. The minimum atomic E-state index is -0.465. The van der Waals surface area contributed by atoms with Gasteiger partial charge in [-0.2, -0.15) is 0 Å². The maximum absolute atomic E-state index is 12.0. The zero-order chi connectivity index (χ0) is 20.3. The molecular formula is C23H28N2O4. The van der Waals surface area contributed by atoms with E-state index in [1.165, 1.54) is 31.4 Å². The second kappa shape index (κ2) is 11.1. The summed E-state index contributed by atoms with van der Waals surface area (Å²) in [6.07, 6.45) is 5.12. The molecule has 1 heterocycles. The summed E-state index contributed by atoms with van der Waals surface area (Å²) >= 11 is 0. The molecule has 1 aliphatic rings. The molecule has 2 aromatic rings. The van der Waals surface area contributed by atoms with Gasteiger partial charge >= 0.3 is 5.97 Å². The molecule has 0 radical (unpaired) electrons. The van der Waals surface area contributed by atoms with Crippen molar-refractivity contribution in [3.63, 3.8) is 0 Å². The van der Waals surface area contributed by atoms with Gasteiger partial charge in [-0.3, -0.25) is 9.59 Å². The van der Waals surface area contributed by atoms with Crippen molar-refractivity contribution < 1.29 is 19.1 Å². The molecule has 0 spiro atoms. The minimum absolute atomic E-state index is 0.0900. The first-order valence-electron chi connectivity index (χ1n) is 10.2. The number of nitrogens with zero attached hydrogens (tertiary/aromatic N) is 1. The van der Waals surface area contributed by atoms with E-state index in [4.69, 9.17) is 9.47 Å². The van der Waals surface area contributed by atoms with Crippen LogP contribution in [0.3, 0.4) is 0 Å². The fourth-order valence-corrected chi connectivity index (χ4v) is 3.27. The first kappa shape index (κ1) is 20.7. The average molecular weight is 396 g/mol. The highest BCUT2D eigenvalue weighted by Gasteiger charge is 2.11. The van der Waals surface area contributed by atoms with Crippen LogP contribution in [0.25, 0.3) is 0 Å². The molecule has 1 aliphatic heterocycles. The smallest absolute Gasteiger partial charge is 0.309 e. The number of carbonyl (C=O) groups excluding carboxylic acids is 2. The topological polar surface area (TPSA) is 67.9 Å². The van der Waals surface area contributed by atoms with Gasteiger partial charge in [0.25, 0.3) is 5.91 Å². The lowest BCUT2D eigenvalue weighted by Crippen LogP contribution is -2.24. The Hall–Kier alpha value is -3.02. The lowest BCUT2D eigenvalue weighted by atomic mass is 10.2. The highest BCUT2D eigenvalue weighted by molar-refractivity contribution is 5.92. The maximum Gasteiger partial charge on any atom is 0.309 e. The largest absolute Gasteiger partial charge is 0.493 e. The van der Waals surface area contributed by atoms with Gasteiger partial charge in [0.2, 0.25) is 0 Å². The number of rotatable bonds is 8. The fourth-order valence-electron chi connectivity index (χ4n) is 3.27. The highest BCUT2D eigenvalue weighted by atomic mass is 16.5. The number of benzene rings is 2. The molecule has 1 N–H and O–H groups in total. The fraction of sp³-hybridized carbons (Fsp3) is 0.391. The second-order valence-electron chi connectivity index (χ2n) is 7.07. The average Bonchev–Trinajstić information content (AvgIpc) is 3.03. The highest BCUT2D eigenvalue weighted by Crippen LogP contribution is 2.21. The van der Waals surface area contributed by atoms with Crippen LogP contribution in [0.2, 0.25) is 0 Å². The van der Waals surface area contributed by atoms with E-state index >= 15 is 0 Å². The number of para-hydroxylation sites is 1. The van der Waals surface area contributed by atoms with Crippen molar-refractivity contribution in [2.75, 3.05) is 36.5 Å². The Labute approximate surface area is 171 Å². The molecule has 154 valence electrons. The van der Waals surface area contributed by atoms with Crippen LogP contribution in [0.4, 0.5) is 11.4 Å². The van der Waals surface area contributed by atoms with Crippen molar-refractivity contribution in [1.82, 2.24) is 0 Å². The van der Waals surface area contributed by atoms with E-state index in [-0.39, 0.29) is 25.5 Å². The minimum Gasteiger partial charge on any atom is -0.493 e. The van der Waals surface area contributed by atoms with Crippen LogP contribution < -0.4 is 15.0 Å². The first-order valence-corrected chi connectivity index (χ1v) is 10.2. The van der Waals surface area contributed by atoms with E-state index in [1.807, 2.05) is 54.6 Å². The van der Waals surface area contributed by atoms with Gasteiger partial charge in [0.1, 0.15) is 5.75 Å². The Kier molecular flexibility index (Phi) is 7.92. The summed E-state index contributed by atoms with van der Waals surface area (Å²) in [6, 6.07) is 17.1. The Morgan fingerprint density at radius 2 is 1.59 bits per heavy atom. The zero-order valence-corrected chi connectivity index (χ0v) is 16.6. The molecule has 0 unspecified atom stereocenters. The molecule has 6 heteroatoms. The third kappa shape index (κ3) is 7.14. The number of nitrogens with one attached hydrogen (secondary N) is 1. The van der Waals surface area contributed by atoms with E-state index in [0.717, 1.165) is 13.1 Å². The van der Waals surface area contributed by atoms with Crippen LogP contribution in [0.5, 0.6) is 5.75 Å². The van der Waals surface area contributed by atoms with Gasteiger partial charge in [-0.05, 0) is 49.2 Å². The standard InChI is InChI=1S/C23H28N2O4/c26-22(18-29-23(27)14-17-28-21-8-4-3-5-9-21)24-19-10-12-20(13-11-19)25-15-6-1-2-7-16-25/h3-5,8-13H,1-2,6-7,14-18H2,(H,24,26). The molecule has 1 fully saturated rings. The zero-order valence-electron chi connectivity index (χ0n) is 16.6. The number of anilines is 2. The Bertz CT molecular complexity index is 769. The summed E-state index contributed by atoms with van der Waals surface area (Å²) in [5, 5.41) is 2.76. The summed E-state index contributed by atoms with van der Waals surface area (Å²) in [7, 11) is 0. The summed E-state index contributed by atoms with van der Waals surface area (Å²) in [4.78, 5) is 26.2. The first-order chi connectivity index (χ1) is 14.2. The predicted molar refractivity (Wildman–Crippen MR) is 113 cm³/mol. The van der Waals surface area contributed by atoms with Gasteiger partial charge in [-0.15, -0.1) is 0 Å². The van der Waals surface area contributed by atoms with Crippen LogP contribution in [0.15, 0.2) is 54.6 Å². The van der Waals surface area contributed by atoms with Crippen molar-refractivity contribution >= 4 is 23.3 Å². The third-order valence-corrected chi connectivity index (χ3v) is 4.80. The van der Waals surface area contributed by atoms with Crippen LogP contribution >= 0.6 is 0 Å². The molecule has 3 rings (SSSR count). The molecular weight excluding hydrogens is 368 g/mol. The van der Waals surface area contributed by atoms with Crippen molar-refractivity contribution in [3.8, 4) is 5.75 Å². The van der Waals surface area contributed by atoms with Gasteiger partial charge < -0.3 is 19.7 Å². The van der Waals surface area contributed by atoms with Crippen LogP contribution in [-0.4, -0.2) is 38.2 Å². The third-order valence-electron chi connectivity index (χ3n) is 4.80. The predicted octanol–water partition coefficient (Wildman–Crippen LogP) is 4.02. The molecule has 2 aromatic carbocycles. The van der Waals surface area contributed by atoms with E-state index in [9.17, 15) is 9.59 Å². The summed E-state index contributed by atoms with van der Waals surface area (Å²) in [6.45, 7) is 2.06. The molecule has 6 nitrogen and oxygen atoms in total. The SMILES string of the molecule is O=C(COC(=O)CCOc1ccccc1)Nc1ccc(N2CCCCCC2)cc1. The van der Waals surface area contributed by atoms with E-state index in [1.54, 1.807) is 0 Å². The molecule has 1 saturated heterocycles. The number of hydrogen-bond acceptors (Lipinski definition) is 5. The molecule has 29 heavy (non-hydrogen) atoms. The summed E-state index contributed by atoms with van der Waals surface area (Å²) in [5.41, 5.74) is 1.87. The van der Waals surface area contributed by atoms with Crippen LogP contribution in [0.1, 0.15) is 32.1 Å². The Morgan fingerprint density at radius 3 is 2.28 bits per heavy atom. The van der Waals surface area contributed by atoms with Crippen LogP contribution in [-0.2, 0) is 14.3 Å². The van der Waals surface area contributed by atoms with Gasteiger partial charge in [-0.25, -0.2) is 0 Å². The normalized spacial score (nSPS) is 14.0. The van der Waals surface area contributed by atoms with Crippen molar-refractivity contribution in [2.45, 2.75) is 32.1 Å². The van der Waals surface area contributed by atoms with Crippen LogP contribution in [0, 0.1) is 0 Å². The van der Waals surface area contributed by atoms with Gasteiger partial charge in [0, 0.05) is 24.5 Å². The number of ether oxygens (including phenoxy) is 2. The van der Waals surface area contributed by atoms with E-state index < -0.39 is 5.97 Å². The number of esters is 1. The molecule has 0 atom stereocenters. The number of hydrogen-bond donors (Lipinski definition) is 1. The molecule has 0 aromatic heterocycles. The van der Waals surface area contributed by atoms with Gasteiger partial charge in [0.15, 0.2) is 6.61 Å². The summed E-state index contributed by atoms with van der Waals surface area (Å²) < 4.78 is 10.5. The van der Waals surface area contributed by atoms with Crippen molar-refractivity contribution in [3.05, 3.63) is 54.6 Å². The molecule has 0 saturated carbocycles.